The molecule has 104 valence electrons. The zero-order valence-electron chi connectivity index (χ0n) is 11.6. The second-order valence-electron chi connectivity index (χ2n) is 4.42. The van der Waals surface area contributed by atoms with Gasteiger partial charge in [-0.25, -0.2) is 0 Å². The third-order valence-corrected chi connectivity index (χ3v) is 2.39. The van der Waals surface area contributed by atoms with E-state index in [2.05, 4.69) is 0 Å². The van der Waals surface area contributed by atoms with Gasteiger partial charge in [0.15, 0.2) is 5.78 Å². The molecule has 1 aromatic rings. The van der Waals surface area contributed by atoms with Crippen molar-refractivity contribution in [2.45, 2.75) is 39.7 Å². The second-order valence-corrected chi connectivity index (χ2v) is 4.42. The minimum Gasteiger partial charge on any atom is -0.491 e. The lowest BCUT2D eigenvalue weighted by atomic mass is 10.1. The highest BCUT2D eigenvalue weighted by Gasteiger charge is 2.11. The summed E-state index contributed by atoms with van der Waals surface area (Å²) in [5, 5.41) is 0. The average molecular weight is 264 g/mol. The minimum atomic E-state index is -0.342. The molecule has 0 aliphatic carbocycles. The van der Waals surface area contributed by atoms with Gasteiger partial charge in [0.05, 0.1) is 19.1 Å². The summed E-state index contributed by atoms with van der Waals surface area (Å²) in [6.07, 6.45) is 0.330. The Morgan fingerprint density at radius 3 is 2.58 bits per heavy atom. The van der Waals surface area contributed by atoms with Gasteiger partial charge in [-0.05, 0) is 32.9 Å². The summed E-state index contributed by atoms with van der Waals surface area (Å²) in [6, 6.07) is 7.01. The van der Waals surface area contributed by atoms with Gasteiger partial charge in [0.1, 0.15) is 5.75 Å². The molecule has 0 aliphatic rings. The van der Waals surface area contributed by atoms with Crippen molar-refractivity contribution in [2.24, 2.45) is 0 Å². The number of benzene rings is 1. The Hall–Kier alpha value is -1.84. The molecule has 0 radical (unpaired) electrons. The van der Waals surface area contributed by atoms with Crippen molar-refractivity contribution in [2.75, 3.05) is 6.61 Å². The van der Waals surface area contributed by atoms with Crippen LogP contribution >= 0.6 is 0 Å². The molecule has 4 nitrogen and oxygen atoms in total. The molecule has 0 saturated heterocycles. The van der Waals surface area contributed by atoms with Gasteiger partial charge >= 0.3 is 5.97 Å². The van der Waals surface area contributed by atoms with Gasteiger partial charge in [-0.1, -0.05) is 12.1 Å². The highest BCUT2D eigenvalue weighted by Crippen LogP contribution is 2.16. The van der Waals surface area contributed by atoms with E-state index in [1.54, 1.807) is 25.1 Å². The Morgan fingerprint density at radius 1 is 1.21 bits per heavy atom. The van der Waals surface area contributed by atoms with E-state index >= 15 is 0 Å². The number of rotatable bonds is 7. The monoisotopic (exact) mass is 264 g/mol. The van der Waals surface area contributed by atoms with Crippen LogP contribution < -0.4 is 4.74 Å². The molecular weight excluding hydrogens is 244 g/mol. The van der Waals surface area contributed by atoms with Crippen molar-refractivity contribution in [3.63, 3.8) is 0 Å². The summed E-state index contributed by atoms with van der Waals surface area (Å²) in [6.45, 7) is 5.93. The summed E-state index contributed by atoms with van der Waals surface area (Å²) in [4.78, 5) is 23.1. The molecule has 1 aromatic carbocycles. The molecule has 1 rings (SSSR count). The van der Waals surface area contributed by atoms with Crippen LogP contribution in [0.3, 0.4) is 0 Å². The van der Waals surface area contributed by atoms with Crippen LogP contribution in [0.4, 0.5) is 0 Å². The molecule has 0 saturated carbocycles. The molecule has 0 N–H and O–H groups in total. The second kappa shape index (κ2) is 7.56. The molecule has 0 aliphatic heterocycles. The maximum absolute atomic E-state index is 11.9. The quantitative estimate of drug-likeness (QED) is 0.561. The van der Waals surface area contributed by atoms with Crippen molar-refractivity contribution in [3.05, 3.63) is 29.8 Å². The lowest BCUT2D eigenvalue weighted by Gasteiger charge is -2.10. The molecule has 0 spiro atoms. The van der Waals surface area contributed by atoms with Gasteiger partial charge in [0, 0.05) is 12.0 Å². The summed E-state index contributed by atoms with van der Waals surface area (Å²) in [5.74, 6) is 0.240. The van der Waals surface area contributed by atoms with Crippen molar-refractivity contribution in [1.82, 2.24) is 0 Å². The summed E-state index contributed by atoms with van der Waals surface area (Å²) in [5.41, 5.74) is 0.558. The van der Waals surface area contributed by atoms with Crippen LogP contribution in [0.15, 0.2) is 24.3 Å². The third-order valence-electron chi connectivity index (χ3n) is 2.39. The normalized spacial score (nSPS) is 10.3. The Labute approximate surface area is 113 Å². The fourth-order valence-corrected chi connectivity index (χ4v) is 1.61. The first kappa shape index (κ1) is 15.2. The van der Waals surface area contributed by atoms with E-state index in [1.165, 1.54) is 0 Å². The number of Topliss-reactive ketones (excluding diaryl/α,β-unsaturated/α-hetero) is 1. The number of ether oxygens (including phenoxy) is 2. The molecule has 0 heterocycles. The molecule has 0 unspecified atom stereocenters. The van der Waals surface area contributed by atoms with Gasteiger partial charge in [-0.15, -0.1) is 0 Å². The molecular formula is C15H20O4. The minimum absolute atomic E-state index is 0.0601. The first-order valence-electron chi connectivity index (χ1n) is 6.48. The lowest BCUT2D eigenvalue weighted by Crippen LogP contribution is -2.09. The topological polar surface area (TPSA) is 52.6 Å². The predicted octanol–water partition coefficient (Wildman–Crippen LogP) is 3.00. The molecule has 0 fully saturated rings. The van der Waals surface area contributed by atoms with E-state index in [0.29, 0.717) is 17.9 Å². The maximum Gasteiger partial charge on any atom is 0.306 e. The van der Waals surface area contributed by atoms with Gasteiger partial charge in [0.2, 0.25) is 0 Å². The number of carbonyl (C=O) groups excluding carboxylic acids is 2. The standard InChI is InChI=1S/C15H20O4/c1-4-18-15(17)9-8-14(16)12-6-5-7-13(10-12)19-11(2)3/h5-7,10-11H,4,8-9H2,1-3H3. The molecule has 4 heteroatoms. The smallest absolute Gasteiger partial charge is 0.306 e. The number of ketones is 1. The van der Waals surface area contributed by atoms with Gasteiger partial charge in [0.25, 0.3) is 0 Å². The molecule has 19 heavy (non-hydrogen) atoms. The Morgan fingerprint density at radius 2 is 1.95 bits per heavy atom. The average Bonchev–Trinajstić information content (AvgIpc) is 2.36. The first-order chi connectivity index (χ1) is 9.02. The van der Waals surface area contributed by atoms with Crippen LogP contribution in [0.25, 0.3) is 0 Å². The van der Waals surface area contributed by atoms with Gasteiger partial charge in [-0.2, -0.15) is 0 Å². The molecule has 0 bridgehead atoms. The Balaban J connectivity index is 2.59. The van der Waals surface area contributed by atoms with E-state index in [-0.39, 0.29) is 30.7 Å². The summed E-state index contributed by atoms with van der Waals surface area (Å²) < 4.78 is 10.3. The zero-order valence-corrected chi connectivity index (χ0v) is 11.6. The molecule has 0 atom stereocenters. The van der Waals surface area contributed by atoms with Crippen LogP contribution in [0, 0.1) is 0 Å². The molecule has 0 amide bonds. The fraction of sp³-hybridized carbons (Fsp3) is 0.467. The van der Waals surface area contributed by atoms with Crippen molar-refractivity contribution < 1.29 is 19.1 Å². The first-order valence-corrected chi connectivity index (χ1v) is 6.48. The van der Waals surface area contributed by atoms with Crippen LogP contribution in [0.1, 0.15) is 44.0 Å². The lowest BCUT2D eigenvalue weighted by molar-refractivity contribution is -0.143. The van der Waals surface area contributed by atoms with Crippen LogP contribution in [0.5, 0.6) is 5.75 Å². The number of hydrogen-bond donors (Lipinski definition) is 0. The van der Waals surface area contributed by atoms with Crippen LogP contribution in [0.2, 0.25) is 0 Å². The summed E-state index contributed by atoms with van der Waals surface area (Å²) in [7, 11) is 0. The van der Waals surface area contributed by atoms with Gasteiger partial charge in [-0.3, -0.25) is 9.59 Å². The Bertz CT molecular complexity index is 438. The van der Waals surface area contributed by atoms with E-state index < -0.39 is 0 Å². The largest absolute Gasteiger partial charge is 0.491 e. The SMILES string of the molecule is CCOC(=O)CCC(=O)c1cccc(OC(C)C)c1. The predicted molar refractivity (Wildman–Crippen MR) is 72.4 cm³/mol. The van der Waals surface area contributed by atoms with Crippen molar-refractivity contribution >= 4 is 11.8 Å². The zero-order chi connectivity index (χ0) is 14.3. The third kappa shape index (κ3) is 5.55. The van der Waals surface area contributed by atoms with E-state index in [4.69, 9.17) is 9.47 Å². The van der Waals surface area contributed by atoms with E-state index in [1.807, 2.05) is 19.9 Å². The number of esters is 1. The van der Waals surface area contributed by atoms with Gasteiger partial charge < -0.3 is 9.47 Å². The maximum atomic E-state index is 11.9. The van der Waals surface area contributed by atoms with E-state index in [9.17, 15) is 9.59 Å². The van der Waals surface area contributed by atoms with Crippen LogP contribution in [-0.2, 0) is 9.53 Å². The highest BCUT2D eigenvalue weighted by molar-refractivity contribution is 5.97. The Kier molecular flexibility index (Phi) is 6.06. The number of hydrogen-bond acceptors (Lipinski definition) is 4. The van der Waals surface area contributed by atoms with Crippen molar-refractivity contribution in [3.8, 4) is 5.75 Å². The fourth-order valence-electron chi connectivity index (χ4n) is 1.61. The molecule has 0 aromatic heterocycles. The van der Waals surface area contributed by atoms with Crippen molar-refractivity contribution in [1.29, 1.82) is 0 Å². The number of carbonyl (C=O) groups is 2. The van der Waals surface area contributed by atoms with E-state index in [0.717, 1.165) is 0 Å². The van der Waals surface area contributed by atoms with Crippen LogP contribution in [-0.4, -0.2) is 24.5 Å². The highest BCUT2D eigenvalue weighted by atomic mass is 16.5. The summed E-state index contributed by atoms with van der Waals surface area (Å²) >= 11 is 0.